The van der Waals surface area contributed by atoms with Gasteiger partial charge in [0, 0.05) is 12.6 Å². The van der Waals surface area contributed by atoms with Gasteiger partial charge >= 0.3 is 0 Å². The molecule has 0 aliphatic carbocycles. The maximum Gasteiger partial charge on any atom is 0.207 e. The summed E-state index contributed by atoms with van der Waals surface area (Å²) in [6, 6.07) is 4.36. The van der Waals surface area contributed by atoms with Crippen molar-refractivity contribution < 1.29 is 15.0 Å². The summed E-state index contributed by atoms with van der Waals surface area (Å²) < 4.78 is 0. The Morgan fingerprint density at radius 2 is 1.85 bits per heavy atom. The molecule has 0 bridgehead atoms. The first kappa shape index (κ1) is 9.38. The minimum Gasteiger partial charge on any atom is -0.508 e. The van der Waals surface area contributed by atoms with Gasteiger partial charge in [-0.05, 0) is 24.1 Å². The summed E-state index contributed by atoms with van der Waals surface area (Å²) in [5, 5.41) is 20.7. The molecule has 1 aromatic carbocycles. The molecular formula is C9H11NO3. The molecule has 0 unspecified atom stereocenters. The Hall–Kier alpha value is -1.71. The Balaban J connectivity index is 2.60. The van der Waals surface area contributed by atoms with Crippen LogP contribution in [0.25, 0.3) is 0 Å². The molecule has 70 valence electrons. The van der Waals surface area contributed by atoms with E-state index in [1.807, 2.05) is 0 Å². The number of aromatic hydroxyl groups is 2. The van der Waals surface area contributed by atoms with E-state index in [2.05, 4.69) is 5.32 Å². The van der Waals surface area contributed by atoms with E-state index < -0.39 is 0 Å². The van der Waals surface area contributed by atoms with Crippen LogP contribution in [-0.4, -0.2) is 23.2 Å². The first-order valence-corrected chi connectivity index (χ1v) is 3.91. The van der Waals surface area contributed by atoms with Crippen LogP contribution in [0, 0.1) is 0 Å². The van der Waals surface area contributed by atoms with Crippen molar-refractivity contribution in [3.63, 3.8) is 0 Å². The number of phenols is 2. The summed E-state index contributed by atoms with van der Waals surface area (Å²) >= 11 is 0. The van der Waals surface area contributed by atoms with Crippen molar-refractivity contribution in [2.24, 2.45) is 0 Å². The van der Waals surface area contributed by atoms with Crippen molar-refractivity contribution in [2.75, 3.05) is 6.54 Å². The summed E-state index contributed by atoms with van der Waals surface area (Å²) in [5.41, 5.74) is 0.784. The van der Waals surface area contributed by atoms with Crippen LogP contribution in [0.4, 0.5) is 0 Å². The lowest BCUT2D eigenvalue weighted by Gasteiger charge is -2.02. The van der Waals surface area contributed by atoms with Crippen molar-refractivity contribution in [3.05, 3.63) is 23.8 Å². The monoisotopic (exact) mass is 181 g/mol. The third kappa shape index (κ3) is 3.02. The number of carbonyl (C=O) groups is 1. The molecule has 0 aliphatic heterocycles. The van der Waals surface area contributed by atoms with E-state index in [-0.39, 0.29) is 11.5 Å². The fraction of sp³-hybridized carbons (Fsp3) is 0.222. The van der Waals surface area contributed by atoms with E-state index >= 15 is 0 Å². The molecular weight excluding hydrogens is 170 g/mol. The number of rotatable bonds is 4. The number of carbonyl (C=O) groups excluding carboxylic acids is 1. The fourth-order valence-electron chi connectivity index (χ4n) is 1.08. The Morgan fingerprint density at radius 1 is 1.23 bits per heavy atom. The smallest absolute Gasteiger partial charge is 0.207 e. The van der Waals surface area contributed by atoms with Gasteiger partial charge in [-0.15, -0.1) is 0 Å². The number of nitrogens with one attached hydrogen (secondary N) is 1. The predicted molar refractivity (Wildman–Crippen MR) is 47.5 cm³/mol. The van der Waals surface area contributed by atoms with Gasteiger partial charge in [-0.1, -0.05) is 0 Å². The second-order valence-corrected chi connectivity index (χ2v) is 2.68. The first-order chi connectivity index (χ1) is 6.22. The van der Waals surface area contributed by atoms with E-state index in [1.54, 1.807) is 12.1 Å². The Kier molecular flexibility index (Phi) is 3.14. The molecule has 0 atom stereocenters. The van der Waals surface area contributed by atoms with Gasteiger partial charge in [0.25, 0.3) is 0 Å². The lowest BCUT2D eigenvalue weighted by Crippen LogP contribution is -2.14. The second-order valence-electron chi connectivity index (χ2n) is 2.68. The number of hydrogen-bond donors (Lipinski definition) is 3. The molecule has 0 fully saturated rings. The number of amides is 1. The molecule has 0 aliphatic rings. The molecule has 4 heteroatoms. The molecule has 13 heavy (non-hydrogen) atoms. The number of benzene rings is 1. The van der Waals surface area contributed by atoms with E-state index in [9.17, 15) is 4.79 Å². The van der Waals surface area contributed by atoms with Crippen LogP contribution in [0.1, 0.15) is 5.56 Å². The van der Waals surface area contributed by atoms with Crippen LogP contribution in [0.3, 0.4) is 0 Å². The summed E-state index contributed by atoms with van der Waals surface area (Å²) in [6.07, 6.45) is 1.20. The predicted octanol–water partition coefficient (Wildman–Crippen LogP) is 0.386. The SMILES string of the molecule is O=CNCCc1cc(O)cc(O)c1. The van der Waals surface area contributed by atoms with E-state index in [0.717, 1.165) is 5.56 Å². The molecule has 1 rings (SSSR count). The lowest BCUT2D eigenvalue weighted by molar-refractivity contribution is -0.109. The largest absolute Gasteiger partial charge is 0.508 e. The van der Waals surface area contributed by atoms with Crippen LogP contribution < -0.4 is 5.32 Å². The van der Waals surface area contributed by atoms with E-state index in [1.165, 1.54) is 6.07 Å². The van der Waals surface area contributed by atoms with Gasteiger partial charge in [0.15, 0.2) is 0 Å². The van der Waals surface area contributed by atoms with Crippen molar-refractivity contribution in [2.45, 2.75) is 6.42 Å². The van der Waals surface area contributed by atoms with Crippen molar-refractivity contribution in [1.82, 2.24) is 5.32 Å². The molecule has 3 N–H and O–H groups in total. The molecule has 0 heterocycles. The molecule has 0 radical (unpaired) electrons. The first-order valence-electron chi connectivity index (χ1n) is 3.91. The van der Waals surface area contributed by atoms with Crippen molar-refractivity contribution >= 4 is 6.41 Å². The molecule has 4 nitrogen and oxygen atoms in total. The van der Waals surface area contributed by atoms with E-state index in [4.69, 9.17) is 10.2 Å². The normalized spacial score (nSPS) is 9.54. The van der Waals surface area contributed by atoms with Gasteiger partial charge in [0.2, 0.25) is 6.41 Å². The molecule has 1 amide bonds. The van der Waals surface area contributed by atoms with Crippen molar-refractivity contribution in [1.29, 1.82) is 0 Å². The highest BCUT2D eigenvalue weighted by Gasteiger charge is 1.98. The summed E-state index contributed by atoms with van der Waals surface area (Å²) in [5.74, 6) is 0.0576. The highest BCUT2D eigenvalue weighted by molar-refractivity contribution is 5.46. The Morgan fingerprint density at radius 3 is 2.38 bits per heavy atom. The maximum absolute atomic E-state index is 9.92. The van der Waals surface area contributed by atoms with Crippen LogP contribution in [0.15, 0.2) is 18.2 Å². The molecule has 0 spiro atoms. The van der Waals surface area contributed by atoms with Gasteiger partial charge in [-0.3, -0.25) is 4.79 Å². The third-order valence-corrected chi connectivity index (χ3v) is 1.60. The second kappa shape index (κ2) is 4.35. The van der Waals surface area contributed by atoms with Gasteiger partial charge < -0.3 is 15.5 Å². The molecule has 0 saturated carbocycles. The standard InChI is InChI=1S/C9H11NO3/c11-6-10-2-1-7-3-8(12)5-9(13)4-7/h3-6,12-13H,1-2H2,(H,10,11). The minimum atomic E-state index is 0.0288. The summed E-state index contributed by atoms with van der Waals surface area (Å²) in [6.45, 7) is 0.492. The zero-order valence-electron chi connectivity index (χ0n) is 7.03. The zero-order chi connectivity index (χ0) is 9.68. The summed E-state index contributed by atoms with van der Waals surface area (Å²) in [4.78, 5) is 9.92. The van der Waals surface area contributed by atoms with Gasteiger partial charge in [-0.25, -0.2) is 0 Å². The van der Waals surface area contributed by atoms with Crippen LogP contribution in [0.5, 0.6) is 11.5 Å². The Bertz CT molecular complexity index is 279. The Labute approximate surface area is 75.8 Å². The quantitative estimate of drug-likeness (QED) is 0.464. The third-order valence-electron chi connectivity index (χ3n) is 1.60. The maximum atomic E-state index is 9.92. The van der Waals surface area contributed by atoms with Crippen LogP contribution in [0.2, 0.25) is 0 Å². The number of phenolic OH excluding ortho intramolecular Hbond substituents is 2. The fourth-order valence-corrected chi connectivity index (χ4v) is 1.08. The van der Waals surface area contributed by atoms with E-state index in [0.29, 0.717) is 19.4 Å². The average molecular weight is 181 g/mol. The van der Waals surface area contributed by atoms with Gasteiger partial charge in [-0.2, -0.15) is 0 Å². The minimum absolute atomic E-state index is 0.0288. The van der Waals surface area contributed by atoms with Gasteiger partial charge in [0.05, 0.1) is 0 Å². The average Bonchev–Trinajstić information content (AvgIpc) is 2.03. The zero-order valence-corrected chi connectivity index (χ0v) is 7.03. The van der Waals surface area contributed by atoms with Crippen LogP contribution in [-0.2, 0) is 11.2 Å². The van der Waals surface area contributed by atoms with Gasteiger partial charge in [0.1, 0.15) is 11.5 Å². The lowest BCUT2D eigenvalue weighted by atomic mass is 10.1. The highest BCUT2D eigenvalue weighted by atomic mass is 16.3. The molecule has 1 aromatic rings. The molecule has 0 saturated heterocycles. The van der Waals surface area contributed by atoms with Crippen molar-refractivity contribution in [3.8, 4) is 11.5 Å². The van der Waals surface area contributed by atoms with Crippen LogP contribution >= 0.6 is 0 Å². The molecule has 0 aromatic heterocycles. The number of hydrogen-bond acceptors (Lipinski definition) is 3. The highest BCUT2D eigenvalue weighted by Crippen LogP contribution is 2.20. The summed E-state index contributed by atoms with van der Waals surface area (Å²) in [7, 11) is 0. The topological polar surface area (TPSA) is 69.6 Å².